The minimum absolute atomic E-state index is 0.309. The van der Waals surface area contributed by atoms with Crippen molar-refractivity contribution in [2.24, 2.45) is 5.41 Å². The van der Waals surface area contributed by atoms with Gasteiger partial charge in [0.15, 0.2) is 0 Å². The van der Waals surface area contributed by atoms with Crippen LogP contribution in [0.5, 0.6) is 0 Å². The second kappa shape index (κ2) is 3.95. The van der Waals surface area contributed by atoms with E-state index >= 15 is 0 Å². The van der Waals surface area contributed by atoms with Crippen molar-refractivity contribution in [1.82, 2.24) is 10.2 Å². The zero-order valence-corrected chi connectivity index (χ0v) is 8.26. The highest BCUT2D eigenvalue weighted by molar-refractivity contribution is 4.93. The fourth-order valence-corrected chi connectivity index (χ4v) is 2.74. The van der Waals surface area contributed by atoms with Crippen molar-refractivity contribution in [3.8, 4) is 0 Å². The molecule has 2 fully saturated rings. The van der Waals surface area contributed by atoms with Gasteiger partial charge in [0.2, 0.25) is 0 Å². The molecule has 2 N–H and O–H groups in total. The largest absolute Gasteiger partial charge is 0.395 e. The number of likely N-dealkylation sites (tertiary alicyclic amines) is 1. The van der Waals surface area contributed by atoms with Crippen LogP contribution in [0, 0.1) is 5.41 Å². The van der Waals surface area contributed by atoms with E-state index in [2.05, 4.69) is 10.2 Å². The second-order valence-corrected chi connectivity index (χ2v) is 4.53. The number of nitrogens with zero attached hydrogens (tertiary/aromatic N) is 1. The van der Waals surface area contributed by atoms with Crippen LogP contribution in [-0.4, -0.2) is 49.3 Å². The van der Waals surface area contributed by atoms with Crippen LogP contribution < -0.4 is 5.32 Å². The van der Waals surface area contributed by atoms with E-state index in [1.807, 2.05) is 0 Å². The summed E-state index contributed by atoms with van der Waals surface area (Å²) in [5.41, 5.74) is 0.549. The molecule has 2 aliphatic rings. The molecule has 0 saturated carbocycles. The first-order valence-corrected chi connectivity index (χ1v) is 5.39. The molecule has 2 heterocycles. The lowest BCUT2D eigenvalue weighted by atomic mass is 9.80. The van der Waals surface area contributed by atoms with E-state index < -0.39 is 0 Å². The molecule has 2 saturated heterocycles. The highest BCUT2D eigenvalue weighted by Crippen LogP contribution is 2.35. The molecule has 0 amide bonds. The van der Waals surface area contributed by atoms with E-state index in [0.717, 1.165) is 6.54 Å². The summed E-state index contributed by atoms with van der Waals surface area (Å²) in [4.78, 5) is 2.40. The number of rotatable bonds is 2. The van der Waals surface area contributed by atoms with Crippen molar-refractivity contribution in [1.29, 1.82) is 0 Å². The monoisotopic (exact) mass is 184 g/mol. The molecule has 0 aromatic carbocycles. The molecule has 0 radical (unpaired) electrons. The second-order valence-electron chi connectivity index (χ2n) is 4.53. The van der Waals surface area contributed by atoms with E-state index in [1.54, 1.807) is 0 Å². The average Bonchev–Trinajstić information content (AvgIpc) is 2.51. The molecule has 0 bridgehead atoms. The fourth-order valence-electron chi connectivity index (χ4n) is 2.74. The maximum absolute atomic E-state index is 8.86. The Balaban J connectivity index is 1.87. The number of aliphatic hydroxyl groups is 1. The van der Waals surface area contributed by atoms with Gasteiger partial charge >= 0.3 is 0 Å². The van der Waals surface area contributed by atoms with Gasteiger partial charge in [-0.2, -0.15) is 0 Å². The Hall–Kier alpha value is -0.120. The summed E-state index contributed by atoms with van der Waals surface area (Å²) in [6.07, 6.45) is 4.02. The summed E-state index contributed by atoms with van der Waals surface area (Å²) in [6.45, 7) is 5.94. The Morgan fingerprint density at radius 1 is 1.38 bits per heavy atom. The van der Waals surface area contributed by atoms with Crippen LogP contribution in [0.4, 0.5) is 0 Å². The maximum Gasteiger partial charge on any atom is 0.0558 e. The predicted molar refractivity (Wildman–Crippen MR) is 52.7 cm³/mol. The summed E-state index contributed by atoms with van der Waals surface area (Å²) >= 11 is 0. The van der Waals surface area contributed by atoms with Gasteiger partial charge < -0.3 is 15.3 Å². The number of nitrogens with one attached hydrogen (secondary N) is 1. The number of hydrogen-bond acceptors (Lipinski definition) is 3. The van der Waals surface area contributed by atoms with Crippen LogP contribution in [0.25, 0.3) is 0 Å². The van der Waals surface area contributed by atoms with Gasteiger partial charge in [0.05, 0.1) is 6.61 Å². The van der Waals surface area contributed by atoms with E-state index in [4.69, 9.17) is 5.11 Å². The molecule has 2 rings (SSSR count). The fraction of sp³-hybridized carbons (Fsp3) is 1.00. The lowest BCUT2D eigenvalue weighted by molar-refractivity contribution is 0.178. The highest BCUT2D eigenvalue weighted by Gasteiger charge is 2.38. The first kappa shape index (κ1) is 9.44. The van der Waals surface area contributed by atoms with Gasteiger partial charge in [-0.25, -0.2) is 0 Å². The summed E-state index contributed by atoms with van der Waals surface area (Å²) in [7, 11) is 0. The molecule has 3 nitrogen and oxygen atoms in total. The lowest BCUT2D eigenvalue weighted by Gasteiger charge is -2.33. The lowest BCUT2D eigenvalue weighted by Crippen LogP contribution is -2.42. The van der Waals surface area contributed by atoms with Gasteiger partial charge in [0.25, 0.3) is 0 Å². The third-order valence-electron chi connectivity index (χ3n) is 3.49. The Kier molecular flexibility index (Phi) is 2.86. The van der Waals surface area contributed by atoms with Crippen molar-refractivity contribution in [2.75, 3.05) is 39.3 Å². The molecule has 1 spiro atoms. The first-order chi connectivity index (χ1) is 6.35. The van der Waals surface area contributed by atoms with Gasteiger partial charge in [0, 0.05) is 19.6 Å². The van der Waals surface area contributed by atoms with Gasteiger partial charge in [-0.1, -0.05) is 0 Å². The molecule has 1 unspecified atom stereocenters. The third kappa shape index (κ3) is 2.03. The van der Waals surface area contributed by atoms with Crippen molar-refractivity contribution < 1.29 is 5.11 Å². The predicted octanol–water partition coefficient (Wildman–Crippen LogP) is 0.0542. The van der Waals surface area contributed by atoms with Crippen molar-refractivity contribution in [3.63, 3.8) is 0 Å². The Morgan fingerprint density at radius 3 is 3.00 bits per heavy atom. The summed E-state index contributed by atoms with van der Waals surface area (Å²) in [5, 5.41) is 12.3. The number of hydrogen-bond donors (Lipinski definition) is 2. The quantitative estimate of drug-likeness (QED) is 0.637. The smallest absolute Gasteiger partial charge is 0.0558 e. The van der Waals surface area contributed by atoms with Crippen molar-refractivity contribution in [3.05, 3.63) is 0 Å². The van der Waals surface area contributed by atoms with Gasteiger partial charge in [-0.05, 0) is 37.8 Å². The highest BCUT2D eigenvalue weighted by atomic mass is 16.3. The van der Waals surface area contributed by atoms with Crippen molar-refractivity contribution in [2.45, 2.75) is 19.3 Å². The number of β-amino-alcohol motifs (C(OH)–C–C–N with tert-alkyl or cyclic N) is 1. The van der Waals surface area contributed by atoms with Crippen LogP contribution >= 0.6 is 0 Å². The molecule has 0 aromatic heterocycles. The normalized spacial score (nSPS) is 35.8. The SMILES string of the molecule is OCCN1CCC2(CCCNC2)C1. The van der Waals surface area contributed by atoms with E-state index in [0.29, 0.717) is 12.0 Å². The number of piperidine rings is 1. The van der Waals surface area contributed by atoms with Gasteiger partial charge in [-0.3, -0.25) is 0 Å². The van der Waals surface area contributed by atoms with E-state index in [-0.39, 0.29) is 0 Å². The summed E-state index contributed by atoms with van der Waals surface area (Å²) < 4.78 is 0. The van der Waals surface area contributed by atoms with E-state index in [9.17, 15) is 0 Å². The average molecular weight is 184 g/mol. The number of aliphatic hydroxyl groups excluding tert-OH is 1. The molecule has 0 aliphatic carbocycles. The third-order valence-corrected chi connectivity index (χ3v) is 3.49. The Labute approximate surface area is 80.1 Å². The van der Waals surface area contributed by atoms with Crippen LogP contribution in [0.15, 0.2) is 0 Å². The van der Waals surface area contributed by atoms with Crippen molar-refractivity contribution >= 4 is 0 Å². The molecule has 13 heavy (non-hydrogen) atoms. The summed E-state index contributed by atoms with van der Waals surface area (Å²) in [6, 6.07) is 0. The van der Waals surface area contributed by atoms with E-state index in [1.165, 1.54) is 45.4 Å². The van der Waals surface area contributed by atoms with Crippen LogP contribution in [0.2, 0.25) is 0 Å². The molecule has 3 heteroatoms. The molecular formula is C10H20N2O. The zero-order valence-electron chi connectivity index (χ0n) is 8.26. The minimum Gasteiger partial charge on any atom is -0.395 e. The minimum atomic E-state index is 0.309. The van der Waals surface area contributed by atoms with Gasteiger partial charge in [0.1, 0.15) is 0 Å². The molecule has 76 valence electrons. The molecule has 1 atom stereocenters. The topological polar surface area (TPSA) is 35.5 Å². The Bertz CT molecular complexity index is 166. The van der Waals surface area contributed by atoms with Crippen LogP contribution in [0.1, 0.15) is 19.3 Å². The first-order valence-electron chi connectivity index (χ1n) is 5.39. The molecule has 0 aromatic rings. The van der Waals surface area contributed by atoms with Crippen LogP contribution in [0.3, 0.4) is 0 Å². The Morgan fingerprint density at radius 2 is 2.31 bits per heavy atom. The molecular weight excluding hydrogens is 164 g/mol. The van der Waals surface area contributed by atoms with Gasteiger partial charge in [-0.15, -0.1) is 0 Å². The van der Waals surface area contributed by atoms with Crippen LogP contribution in [-0.2, 0) is 0 Å². The maximum atomic E-state index is 8.86. The zero-order chi connectivity index (χ0) is 9.15. The summed E-state index contributed by atoms with van der Waals surface area (Å²) in [5.74, 6) is 0. The standard InChI is InChI=1S/C10H20N2O/c13-7-6-12-5-3-10(9-12)2-1-4-11-8-10/h11,13H,1-9H2. The molecule has 2 aliphatic heterocycles.